The molecule has 0 saturated carbocycles. The molecule has 0 bridgehead atoms. The van der Waals surface area contributed by atoms with Gasteiger partial charge in [0.25, 0.3) is 5.91 Å². The Morgan fingerprint density at radius 2 is 2.06 bits per heavy atom. The van der Waals surface area contributed by atoms with Crippen LogP contribution in [0.1, 0.15) is 5.56 Å². The van der Waals surface area contributed by atoms with Crippen molar-refractivity contribution < 1.29 is 15.2 Å². The van der Waals surface area contributed by atoms with Crippen molar-refractivity contribution in [2.24, 2.45) is 0 Å². The lowest BCUT2D eigenvalue weighted by Gasteiger charge is -2.10. The highest BCUT2D eigenvalue weighted by atomic mass is 32.2. The van der Waals surface area contributed by atoms with Gasteiger partial charge in [-0.3, -0.25) is 4.79 Å². The molecule has 1 saturated heterocycles. The Hall–Kier alpha value is -1.25. The van der Waals surface area contributed by atoms with Crippen LogP contribution in [0.2, 0.25) is 0 Å². The highest BCUT2D eigenvalue weighted by molar-refractivity contribution is 8.26. The summed E-state index contributed by atoms with van der Waals surface area (Å²) in [5.41, 5.74) is 0.976. The lowest BCUT2D eigenvalue weighted by Crippen LogP contribution is -2.99. The maximum absolute atomic E-state index is 11.4. The van der Waals surface area contributed by atoms with Gasteiger partial charge in [0.1, 0.15) is 4.32 Å². The van der Waals surface area contributed by atoms with Crippen molar-refractivity contribution in [3.05, 3.63) is 39.9 Å². The van der Waals surface area contributed by atoms with Crippen LogP contribution in [0.5, 0.6) is 0 Å². The standard InChI is InChI=1S/C10H8N2O3S2/c13-9-8(17-10(16)11-9)5-6-1-3-7(4-2-6)12(14)15/h1-5,12,14H,(H,11,13,16)/b8-5-. The lowest BCUT2D eigenvalue weighted by atomic mass is 10.2. The first kappa shape index (κ1) is 12.2. The third-order valence-corrected chi connectivity index (χ3v) is 3.26. The third-order valence-electron chi connectivity index (χ3n) is 2.10. The quantitative estimate of drug-likeness (QED) is 0.415. The number of thiocarbonyl (C=S) groups is 1. The Bertz CT molecular complexity index is 497. The number of hydrogen-bond acceptors (Lipinski definition) is 5. The highest BCUT2D eigenvalue weighted by Gasteiger charge is 2.21. The van der Waals surface area contributed by atoms with Crippen LogP contribution >= 0.6 is 24.0 Å². The summed E-state index contributed by atoms with van der Waals surface area (Å²) in [6.45, 7) is 0. The fourth-order valence-corrected chi connectivity index (χ4v) is 2.34. The summed E-state index contributed by atoms with van der Waals surface area (Å²) in [6, 6.07) is 6.27. The Morgan fingerprint density at radius 3 is 2.53 bits per heavy atom. The number of carbonyl (C=O) groups is 1. The van der Waals surface area contributed by atoms with Crippen molar-refractivity contribution in [3.63, 3.8) is 0 Å². The van der Waals surface area contributed by atoms with Gasteiger partial charge in [0.15, 0.2) is 5.69 Å². The molecule has 1 aliphatic rings. The lowest BCUT2D eigenvalue weighted by molar-refractivity contribution is -0.991. The molecule has 1 aliphatic heterocycles. The van der Waals surface area contributed by atoms with E-state index >= 15 is 0 Å². The van der Waals surface area contributed by atoms with Gasteiger partial charge in [-0.1, -0.05) is 24.0 Å². The first-order valence-corrected chi connectivity index (χ1v) is 5.87. The Morgan fingerprint density at radius 1 is 1.41 bits per heavy atom. The number of amides is 1. The number of thioether (sulfide) groups is 1. The normalized spacial score (nSPS) is 19.5. The van der Waals surface area contributed by atoms with Crippen molar-refractivity contribution in [1.82, 2.24) is 5.32 Å². The van der Waals surface area contributed by atoms with Gasteiger partial charge in [-0.15, -0.1) is 0 Å². The fourth-order valence-electron chi connectivity index (χ4n) is 1.29. The minimum absolute atomic E-state index is 0.214. The summed E-state index contributed by atoms with van der Waals surface area (Å²) in [5.74, 6) is -0.220. The maximum Gasteiger partial charge on any atom is 0.263 e. The predicted octanol–water partition coefficient (Wildman–Crippen LogP) is 0.579. The summed E-state index contributed by atoms with van der Waals surface area (Å²) >= 11 is 6.05. The molecule has 88 valence electrons. The number of rotatable bonds is 2. The Balaban J connectivity index is 2.21. The van der Waals surface area contributed by atoms with E-state index in [1.54, 1.807) is 18.2 Å². The second-order valence-corrected chi connectivity index (χ2v) is 5.00. The van der Waals surface area contributed by atoms with Crippen molar-refractivity contribution in [2.45, 2.75) is 0 Å². The zero-order valence-electron chi connectivity index (χ0n) is 8.47. The molecule has 1 aromatic carbocycles. The minimum atomic E-state index is -0.974. The molecular weight excluding hydrogens is 260 g/mol. The third kappa shape index (κ3) is 2.90. The molecule has 5 nitrogen and oxygen atoms in total. The molecule has 0 aliphatic carbocycles. The molecule has 1 heterocycles. The van der Waals surface area contributed by atoms with E-state index < -0.39 is 5.23 Å². The van der Waals surface area contributed by atoms with Crippen LogP contribution in [0.15, 0.2) is 29.2 Å². The van der Waals surface area contributed by atoms with Crippen LogP contribution in [-0.4, -0.2) is 15.4 Å². The molecular formula is C10H8N2O3S2. The second kappa shape index (κ2) is 4.94. The van der Waals surface area contributed by atoms with E-state index in [0.29, 0.717) is 9.23 Å². The molecule has 3 N–H and O–H groups in total. The summed E-state index contributed by atoms with van der Waals surface area (Å²) in [6.07, 6.45) is 1.67. The molecule has 1 amide bonds. The van der Waals surface area contributed by atoms with Crippen LogP contribution in [0.3, 0.4) is 0 Å². The second-order valence-electron chi connectivity index (χ2n) is 3.28. The Kier molecular flexibility index (Phi) is 3.55. The molecule has 0 radical (unpaired) electrons. The van der Waals surface area contributed by atoms with Gasteiger partial charge in [-0.05, 0) is 23.8 Å². The first-order valence-electron chi connectivity index (χ1n) is 4.64. The molecule has 7 heteroatoms. The molecule has 1 unspecified atom stereocenters. The van der Waals surface area contributed by atoms with Crippen molar-refractivity contribution in [3.8, 4) is 0 Å². The largest absolute Gasteiger partial charge is 0.595 e. The van der Waals surface area contributed by atoms with Gasteiger partial charge in [-0.2, -0.15) is 5.23 Å². The number of nitrogens with one attached hydrogen (secondary N) is 2. The molecule has 0 spiro atoms. The SMILES string of the molecule is O=C1NC(=S)S/C1=C\c1ccc([NH+]([O-])O)cc1. The van der Waals surface area contributed by atoms with E-state index in [4.69, 9.17) is 17.4 Å². The van der Waals surface area contributed by atoms with Crippen LogP contribution in [0, 0.1) is 5.21 Å². The van der Waals surface area contributed by atoms with Crippen LogP contribution < -0.4 is 10.5 Å². The van der Waals surface area contributed by atoms with Gasteiger partial charge in [0, 0.05) is 12.1 Å². The first-order chi connectivity index (χ1) is 8.06. The average Bonchev–Trinajstić information content (AvgIpc) is 2.58. The number of hydrogen-bond donors (Lipinski definition) is 3. The smallest absolute Gasteiger partial charge is 0.263 e. The maximum atomic E-state index is 11.4. The van der Waals surface area contributed by atoms with Crippen LogP contribution in [0.4, 0.5) is 5.69 Å². The topological polar surface area (TPSA) is 76.8 Å². The van der Waals surface area contributed by atoms with Crippen molar-refractivity contribution in [2.75, 3.05) is 0 Å². The van der Waals surface area contributed by atoms with Crippen molar-refractivity contribution >= 4 is 46.0 Å². The Labute approximate surface area is 107 Å². The zero-order chi connectivity index (χ0) is 12.4. The monoisotopic (exact) mass is 268 g/mol. The fraction of sp³-hybridized carbons (Fsp3) is 0. The van der Waals surface area contributed by atoms with Gasteiger partial charge < -0.3 is 10.5 Å². The number of quaternary nitrogens is 1. The molecule has 1 aromatic rings. The van der Waals surface area contributed by atoms with Crippen LogP contribution in [0.25, 0.3) is 6.08 Å². The van der Waals surface area contributed by atoms with E-state index in [0.717, 1.165) is 5.56 Å². The summed E-state index contributed by atoms with van der Waals surface area (Å²) in [4.78, 5) is 11.9. The van der Waals surface area contributed by atoms with Crippen molar-refractivity contribution in [1.29, 1.82) is 0 Å². The van der Waals surface area contributed by atoms with E-state index in [1.165, 1.54) is 23.9 Å². The van der Waals surface area contributed by atoms with Gasteiger partial charge in [0.05, 0.1) is 4.91 Å². The summed E-state index contributed by atoms with van der Waals surface area (Å²) < 4.78 is 0.434. The molecule has 1 atom stereocenters. The average molecular weight is 268 g/mol. The molecule has 2 rings (SSSR count). The number of benzene rings is 1. The van der Waals surface area contributed by atoms with E-state index in [-0.39, 0.29) is 11.6 Å². The molecule has 1 fully saturated rings. The highest BCUT2D eigenvalue weighted by Crippen LogP contribution is 2.25. The summed E-state index contributed by atoms with van der Waals surface area (Å²) in [5, 5.41) is 20.9. The van der Waals surface area contributed by atoms with E-state index in [1.807, 2.05) is 0 Å². The molecule has 17 heavy (non-hydrogen) atoms. The minimum Gasteiger partial charge on any atom is -0.595 e. The van der Waals surface area contributed by atoms with Crippen LogP contribution in [-0.2, 0) is 4.79 Å². The molecule has 0 aromatic heterocycles. The predicted molar refractivity (Wildman–Crippen MR) is 68.5 cm³/mol. The number of carbonyl (C=O) groups excluding carboxylic acids is 1. The van der Waals surface area contributed by atoms with E-state index in [2.05, 4.69) is 5.32 Å². The van der Waals surface area contributed by atoms with Gasteiger partial charge in [0.2, 0.25) is 0 Å². The van der Waals surface area contributed by atoms with Gasteiger partial charge >= 0.3 is 0 Å². The van der Waals surface area contributed by atoms with E-state index in [9.17, 15) is 10.0 Å². The van der Waals surface area contributed by atoms with Gasteiger partial charge in [-0.25, -0.2) is 5.21 Å². The summed E-state index contributed by atoms with van der Waals surface area (Å²) in [7, 11) is 0. The zero-order valence-corrected chi connectivity index (χ0v) is 10.1.